The third-order valence-corrected chi connectivity index (χ3v) is 4.53. The van der Waals surface area contributed by atoms with E-state index < -0.39 is 0 Å². The summed E-state index contributed by atoms with van der Waals surface area (Å²) in [5.41, 5.74) is 1.57. The molecule has 7 nitrogen and oxygen atoms in total. The van der Waals surface area contributed by atoms with Crippen molar-refractivity contribution in [2.24, 2.45) is 0 Å². The van der Waals surface area contributed by atoms with Gasteiger partial charge in [0.25, 0.3) is 0 Å². The Morgan fingerprint density at radius 3 is 2.37 bits per heavy atom. The molecule has 0 bridgehead atoms. The Morgan fingerprint density at radius 2 is 1.63 bits per heavy atom. The molecule has 2 heterocycles. The molecular weight excluding hydrogens is 380 g/mol. The third-order valence-electron chi connectivity index (χ3n) is 4.53. The fourth-order valence-electron chi connectivity index (χ4n) is 3.02. The van der Waals surface area contributed by atoms with Gasteiger partial charge in [0, 0.05) is 25.7 Å². The molecule has 152 valence electrons. The van der Waals surface area contributed by atoms with Crippen molar-refractivity contribution < 1.29 is 14.3 Å². The van der Waals surface area contributed by atoms with E-state index in [0.29, 0.717) is 31.1 Å². The summed E-state index contributed by atoms with van der Waals surface area (Å²) in [5, 5.41) is 2.88. The fourth-order valence-corrected chi connectivity index (χ4v) is 3.02. The van der Waals surface area contributed by atoms with Gasteiger partial charge in [-0.1, -0.05) is 25.1 Å². The van der Waals surface area contributed by atoms with Crippen LogP contribution in [0.1, 0.15) is 13.3 Å². The lowest BCUT2D eigenvalue weighted by Gasteiger charge is -2.11. The Morgan fingerprint density at radius 1 is 0.933 bits per heavy atom. The zero-order chi connectivity index (χ0) is 20.8. The van der Waals surface area contributed by atoms with Crippen molar-refractivity contribution in [3.05, 3.63) is 73.2 Å². The molecule has 1 N–H and O–H groups in total. The van der Waals surface area contributed by atoms with Crippen molar-refractivity contribution in [1.82, 2.24) is 19.9 Å². The first kappa shape index (κ1) is 19.4. The van der Waals surface area contributed by atoms with E-state index in [4.69, 9.17) is 9.47 Å². The van der Waals surface area contributed by atoms with Gasteiger partial charge in [0.15, 0.2) is 0 Å². The number of amides is 1. The molecule has 30 heavy (non-hydrogen) atoms. The summed E-state index contributed by atoms with van der Waals surface area (Å²) in [7, 11) is 0. The highest BCUT2D eigenvalue weighted by Crippen LogP contribution is 2.29. The topological polar surface area (TPSA) is 78.3 Å². The van der Waals surface area contributed by atoms with E-state index in [9.17, 15) is 4.79 Å². The van der Waals surface area contributed by atoms with Crippen LogP contribution in [0.4, 0.5) is 0 Å². The fraction of sp³-hybridized carbons (Fsp3) is 0.174. The van der Waals surface area contributed by atoms with Crippen LogP contribution in [0.15, 0.2) is 73.2 Å². The number of ether oxygens (including phenoxy) is 2. The maximum absolute atomic E-state index is 11.5. The van der Waals surface area contributed by atoms with Crippen LogP contribution in [0.3, 0.4) is 0 Å². The third kappa shape index (κ3) is 4.57. The van der Waals surface area contributed by atoms with Crippen molar-refractivity contribution in [3.63, 3.8) is 0 Å². The molecule has 0 fully saturated rings. The van der Waals surface area contributed by atoms with Crippen molar-refractivity contribution in [1.29, 1.82) is 0 Å². The van der Waals surface area contributed by atoms with E-state index in [-0.39, 0.29) is 5.91 Å². The molecule has 0 aliphatic carbocycles. The molecular formula is C23H22N4O3. The lowest BCUT2D eigenvalue weighted by Crippen LogP contribution is -2.26. The number of carbonyl (C=O) groups excluding carboxylic acids is 1. The number of carbonyl (C=O) groups is 1. The zero-order valence-corrected chi connectivity index (χ0v) is 16.6. The molecule has 0 saturated carbocycles. The molecule has 2 aromatic heterocycles. The summed E-state index contributed by atoms with van der Waals surface area (Å²) in [5.74, 6) is 2.62. The minimum atomic E-state index is 0.0250. The smallest absolute Gasteiger partial charge is 0.247 e. The molecule has 0 radical (unpaired) electrons. The van der Waals surface area contributed by atoms with E-state index in [1.165, 1.54) is 6.33 Å². The number of nitrogens with one attached hydrogen (secondary N) is 1. The number of para-hydroxylation sites is 1. The second kappa shape index (κ2) is 9.09. The summed E-state index contributed by atoms with van der Waals surface area (Å²) >= 11 is 0. The first-order valence-electron chi connectivity index (χ1n) is 9.80. The van der Waals surface area contributed by atoms with Crippen LogP contribution in [-0.4, -0.2) is 27.0 Å². The van der Waals surface area contributed by atoms with E-state index in [1.807, 2.05) is 78.4 Å². The van der Waals surface area contributed by atoms with Crippen LogP contribution in [-0.2, 0) is 11.3 Å². The standard InChI is InChI=1S/C23H22N4O3/c1-2-21(28)24-13-15-27-14-12-20-22(27)23(26-16-25-20)30-19-10-8-18(9-11-19)29-17-6-4-3-5-7-17/h3-12,14,16H,2,13,15H2,1H3,(H,24,28). The molecule has 4 aromatic rings. The molecule has 2 aromatic carbocycles. The van der Waals surface area contributed by atoms with Crippen LogP contribution in [0.2, 0.25) is 0 Å². The van der Waals surface area contributed by atoms with Crippen LogP contribution in [0, 0.1) is 0 Å². The van der Waals surface area contributed by atoms with Crippen LogP contribution in [0.25, 0.3) is 11.0 Å². The first-order valence-corrected chi connectivity index (χ1v) is 9.80. The summed E-state index contributed by atoms with van der Waals surface area (Å²) in [4.78, 5) is 20.1. The molecule has 7 heteroatoms. The van der Waals surface area contributed by atoms with E-state index >= 15 is 0 Å². The van der Waals surface area contributed by atoms with Crippen LogP contribution >= 0.6 is 0 Å². The second-order valence-corrected chi connectivity index (χ2v) is 6.61. The van der Waals surface area contributed by atoms with Crippen molar-refractivity contribution in [2.75, 3.05) is 6.54 Å². The quantitative estimate of drug-likeness (QED) is 0.468. The van der Waals surface area contributed by atoms with E-state index in [2.05, 4.69) is 15.3 Å². The number of rotatable bonds is 8. The largest absolute Gasteiger partial charge is 0.457 e. The highest BCUT2D eigenvalue weighted by Gasteiger charge is 2.12. The predicted molar refractivity (Wildman–Crippen MR) is 114 cm³/mol. The SMILES string of the molecule is CCC(=O)NCCn1ccc2ncnc(Oc3ccc(Oc4ccccc4)cc3)c21. The average molecular weight is 402 g/mol. The van der Waals surface area contributed by atoms with E-state index in [1.54, 1.807) is 0 Å². The van der Waals surface area contributed by atoms with Gasteiger partial charge < -0.3 is 19.4 Å². The number of nitrogens with zero attached hydrogens (tertiary/aromatic N) is 3. The minimum absolute atomic E-state index is 0.0250. The van der Waals surface area contributed by atoms with Gasteiger partial charge >= 0.3 is 0 Å². The number of hydrogen-bond acceptors (Lipinski definition) is 5. The number of aromatic nitrogens is 3. The normalized spacial score (nSPS) is 10.7. The number of hydrogen-bond donors (Lipinski definition) is 1. The highest BCUT2D eigenvalue weighted by atomic mass is 16.5. The van der Waals surface area contributed by atoms with Gasteiger partial charge in [-0.2, -0.15) is 4.98 Å². The molecule has 0 unspecified atom stereocenters. The Hall–Kier alpha value is -3.87. The molecule has 0 spiro atoms. The van der Waals surface area contributed by atoms with Gasteiger partial charge in [-0.3, -0.25) is 4.79 Å². The monoisotopic (exact) mass is 402 g/mol. The van der Waals surface area contributed by atoms with Crippen molar-refractivity contribution in [2.45, 2.75) is 19.9 Å². The zero-order valence-electron chi connectivity index (χ0n) is 16.6. The van der Waals surface area contributed by atoms with Crippen LogP contribution in [0.5, 0.6) is 23.1 Å². The maximum atomic E-state index is 11.5. The lowest BCUT2D eigenvalue weighted by molar-refractivity contribution is -0.120. The Bertz CT molecular complexity index is 1120. The predicted octanol–water partition coefficient (Wildman–Crippen LogP) is 4.54. The van der Waals surface area contributed by atoms with Gasteiger partial charge in [0.2, 0.25) is 11.8 Å². The maximum Gasteiger partial charge on any atom is 0.247 e. The highest BCUT2D eigenvalue weighted by molar-refractivity contribution is 5.80. The molecule has 1 amide bonds. The first-order chi connectivity index (χ1) is 14.7. The van der Waals surface area contributed by atoms with Crippen LogP contribution < -0.4 is 14.8 Å². The lowest BCUT2D eigenvalue weighted by atomic mass is 10.3. The Balaban J connectivity index is 1.49. The van der Waals surface area contributed by atoms with Crippen molar-refractivity contribution >= 4 is 16.9 Å². The van der Waals surface area contributed by atoms with Gasteiger partial charge in [-0.05, 0) is 42.5 Å². The summed E-state index contributed by atoms with van der Waals surface area (Å²) in [6.07, 6.45) is 3.86. The molecule has 4 rings (SSSR count). The van der Waals surface area contributed by atoms with E-state index in [0.717, 1.165) is 22.5 Å². The van der Waals surface area contributed by atoms with Gasteiger partial charge in [-0.15, -0.1) is 0 Å². The second-order valence-electron chi connectivity index (χ2n) is 6.61. The van der Waals surface area contributed by atoms with Gasteiger partial charge in [0.05, 0.1) is 5.52 Å². The van der Waals surface area contributed by atoms with Gasteiger partial charge in [-0.25, -0.2) is 4.98 Å². The molecule has 0 saturated heterocycles. The summed E-state index contributed by atoms with van der Waals surface area (Å²) in [6, 6.07) is 18.9. The van der Waals surface area contributed by atoms with Gasteiger partial charge in [0.1, 0.15) is 29.1 Å². The molecule has 0 atom stereocenters. The Kier molecular flexibility index (Phi) is 5.89. The minimum Gasteiger partial charge on any atom is -0.457 e. The molecule has 0 aliphatic heterocycles. The molecule has 0 aliphatic rings. The average Bonchev–Trinajstić information content (AvgIpc) is 3.20. The Labute approximate surface area is 174 Å². The summed E-state index contributed by atoms with van der Waals surface area (Å²) < 4.78 is 13.8. The number of benzene rings is 2. The summed E-state index contributed by atoms with van der Waals surface area (Å²) in [6.45, 7) is 2.95. The number of fused-ring (bicyclic) bond motifs is 1. The van der Waals surface area contributed by atoms with Crippen molar-refractivity contribution in [3.8, 4) is 23.1 Å².